The van der Waals surface area contributed by atoms with Crippen LogP contribution >= 0.6 is 0 Å². The van der Waals surface area contributed by atoms with Gasteiger partial charge in [0.15, 0.2) is 0 Å². The minimum Gasteiger partial charge on any atom is -0.314 e. The predicted octanol–water partition coefficient (Wildman–Crippen LogP) is 3.67. The average Bonchev–Trinajstić information content (AvgIpc) is 2.37. The van der Waals surface area contributed by atoms with Crippen molar-refractivity contribution < 1.29 is 0 Å². The van der Waals surface area contributed by atoms with Crippen LogP contribution in [-0.4, -0.2) is 37.1 Å². The van der Waals surface area contributed by atoms with Gasteiger partial charge in [0.25, 0.3) is 0 Å². The van der Waals surface area contributed by atoms with Crippen LogP contribution in [0.15, 0.2) is 0 Å². The molecule has 0 bridgehead atoms. The Morgan fingerprint density at radius 2 is 1.72 bits per heavy atom. The van der Waals surface area contributed by atoms with E-state index in [9.17, 15) is 0 Å². The molecule has 108 valence electrons. The fourth-order valence-corrected chi connectivity index (χ4v) is 2.76. The van der Waals surface area contributed by atoms with Crippen molar-refractivity contribution in [3.63, 3.8) is 0 Å². The Morgan fingerprint density at radius 1 is 1.06 bits per heavy atom. The van der Waals surface area contributed by atoms with Gasteiger partial charge in [-0.25, -0.2) is 0 Å². The van der Waals surface area contributed by atoms with Crippen LogP contribution in [0.1, 0.15) is 65.7 Å². The zero-order valence-corrected chi connectivity index (χ0v) is 12.9. The number of unbranched alkanes of at least 4 members (excludes halogenated alkanes) is 4. The lowest BCUT2D eigenvalue weighted by Crippen LogP contribution is -2.39. The van der Waals surface area contributed by atoms with Gasteiger partial charge < -0.3 is 10.2 Å². The van der Waals surface area contributed by atoms with Crippen molar-refractivity contribution in [3.8, 4) is 0 Å². The second kappa shape index (κ2) is 9.80. The van der Waals surface area contributed by atoms with E-state index in [4.69, 9.17) is 0 Å². The molecule has 0 aromatic carbocycles. The summed E-state index contributed by atoms with van der Waals surface area (Å²) in [6.45, 7) is 12.0. The quantitative estimate of drug-likeness (QED) is 0.632. The molecule has 1 N–H and O–H groups in total. The van der Waals surface area contributed by atoms with Crippen molar-refractivity contribution in [1.29, 1.82) is 0 Å². The van der Waals surface area contributed by atoms with E-state index in [1.165, 1.54) is 71.1 Å². The fraction of sp³-hybridized carbons (Fsp3) is 1.00. The van der Waals surface area contributed by atoms with E-state index in [0.29, 0.717) is 6.04 Å². The Labute approximate surface area is 115 Å². The van der Waals surface area contributed by atoms with Crippen molar-refractivity contribution in [3.05, 3.63) is 0 Å². The van der Waals surface area contributed by atoms with Crippen LogP contribution in [0, 0.1) is 5.92 Å². The molecule has 0 atom stereocenters. The Bertz CT molecular complexity index is 184. The summed E-state index contributed by atoms with van der Waals surface area (Å²) in [4.78, 5) is 2.68. The Hall–Kier alpha value is -0.0800. The molecule has 1 rings (SSSR count). The zero-order valence-electron chi connectivity index (χ0n) is 12.9. The summed E-state index contributed by atoms with van der Waals surface area (Å²) in [7, 11) is 0. The van der Waals surface area contributed by atoms with Gasteiger partial charge in [-0.3, -0.25) is 0 Å². The lowest BCUT2D eigenvalue weighted by molar-refractivity contribution is 0.178. The zero-order chi connectivity index (χ0) is 13.2. The first-order chi connectivity index (χ1) is 8.72. The van der Waals surface area contributed by atoms with Gasteiger partial charge in [-0.2, -0.15) is 0 Å². The number of piperidine rings is 1. The maximum atomic E-state index is 3.58. The van der Waals surface area contributed by atoms with Gasteiger partial charge in [-0.15, -0.1) is 0 Å². The summed E-state index contributed by atoms with van der Waals surface area (Å²) < 4.78 is 0. The maximum Gasteiger partial charge on any atom is 0.00104 e. The number of likely N-dealkylation sites (tertiary alicyclic amines) is 1. The molecule has 0 aromatic heterocycles. The molecule has 2 nitrogen and oxygen atoms in total. The lowest BCUT2D eigenvalue weighted by atomic mass is 9.96. The van der Waals surface area contributed by atoms with Gasteiger partial charge in [0.2, 0.25) is 0 Å². The third-order valence-electron chi connectivity index (χ3n) is 4.10. The van der Waals surface area contributed by atoms with Gasteiger partial charge in [0.1, 0.15) is 0 Å². The predicted molar refractivity (Wildman–Crippen MR) is 81.1 cm³/mol. The van der Waals surface area contributed by atoms with E-state index >= 15 is 0 Å². The van der Waals surface area contributed by atoms with Crippen LogP contribution in [0.3, 0.4) is 0 Å². The topological polar surface area (TPSA) is 15.3 Å². The summed E-state index contributed by atoms with van der Waals surface area (Å²) in [6.07, 6.45) is 9.85. The smallest absolute Gasteiger partial charge is 0.00104 e. The normalized spacial score (nSPS) is 18.7. The molecule has 0 saturated carbocycles. The molecule has 1 aliphatic heterocycles. The van der Waals surface area contributed by atoms with Crippen LogP contribution < -0.4 is 5.32 Å². The number of hydrogen-bond acceptors (Lipinski definition) is 2. The lowest BCUT2D eigenvalue weighted by Gasteiger charge is -2.32. The third-order valence-corrected chi connectivity index (χ3v) is 4.10. The minimum atomic E-state index is 0.640. The van der Waals surface area contributed by atoms with Gasteiger partial charge in [0.05, 0.1) is 0 Å². The highest BCUT2D eigenvalue weighted by Crippen LogP contribution is 2.17. The average molecular weight is 254 g/mol. The van der Waals surface area contributed by atoms with Crippen LogP contribution in [0.2, 0.25) is 0 Å². The van der Waals surface area contributed by atoms with Gasteiger partial charge in [-0.05, 0) is 51.4 Å². The number of rotatable bonds is 9. The molecular weight excluding hydrogens is 220 g/mol. The van der Waals surface area contributed by atoms with Crippen LogP contribution in [0.5, 0.6) is 0 Å². The van der Waals surface area contributed by atoms with Crippen molar-refractivity contribution >= 4 is 0 Å². The monoisotopic (exact) mass is 254 g/mol. The fourth-order valence-electron chi connectivity index (χ4n) is 2.76. The van der Waals surface area contributed by atoms with Crippen LogP contribution in [0.4, 0.5) is 0 Å². The first-order valence-corrected chi connectivity index (χ1v) is 8.18. The Morgan fingerprint density at radius 3 is 2.33 bits per heavy atom. The molecule has 0 aromatic rings. The highest BCUT2D eigenvalue weighted by atomic mass is 15.1. The summed E-state index contributed by atoms with van der Waals surface area (Å²) in [5, 5.41) is 3.58. The van der Waals surface area contributed by atoms with Crippen LogP contribution in [0.25, 0.3) is 0 Å². The van der Waals surface area contributed by atoms with Crippen LogP contribution in [-0.2, 0) is 0 Å². The van der Waals surface area contributed by atoms with Crippen molar-refractivity contribution in [1.82, 2.24) is 10.2 Å². The molecule has 1 saturated heterocycles. The molecule has 1 fully saturated rings. The molecule has 1 heterocycles. The standard InChI is InChI=1S/C16H34N2/c1-4-5-6-7-8-11-18-12-9-16(10-13-18)14-17-15(2)3/h15-17H,4-14H2,1-3H3. The summed E-state index contributed by atoms with van der Waals surface area (Å²) in [5.41, 5.74) is 0. The molecule has 1 aliphatic rings. The van der Waals surface area contributed by atoms with Crippen molar-refractivity contribution in [2.75, 3.05) is 26.2 Å². The summed E-state index contributed by atoms with van der Waals surface area (Å²) >= 11 is 0. The SMILES string of the molecule is CCCCCCCN1CCC(CNC(C)C)CC1. The molecule has 18 heavy (non-hydrogen) atoms. The summed E-state index contributed by atoms with van der Waals surface area (Å²) in [6, 6.07) is 0.640. The molecule has 0 amide bonds. The van der Waals surface area contributed by atoms with Gasteiger partial charge in [0, 0.05) is 6.04 Å². The summed E-state index contributed by atoms with van der Waals surface area (Å²) in [5.74, 6) is 0.920. The molecule has 0 spiro atoms. The van der Waals surface area contributed by atoms with Crippen molar-refractivity contribution in [2.24, 2.45) is 5.92 Å². The first kappa shape index (κ1) is 16.0. The van der Waals surface area contributed by atoms with Gasteiger partial charge in [-0.1, -0.05) is 46.5 Å². The highest BCUT2D eigenvalue weighted by Gasteiger charge is 2.18. The molecule has 0 aliphatic carbocycles. The number of nitrogens with one attached hydrogen (secondary N) is 1. The first-order valence-electron chi connectivity index (χ1n) is 8.18. The molecule has 0 unspecified atom stereocenters. The largest absolute Gasteiger partial charge is 0.314 e. The second-order valence-corrected chi connectivity index (χ2v) is 6.26. The number of nitrogens with zero attached hydrogens (tertiary/aromatic N) is 1. The highest BCUT2D eigenvalue weighted by molar-refractivity contribution is 4.74. The van der Waals surface area contributed by atoms with Gasteiger partial charge >= 0.3 is 0 Å². The third kappa shape index (κ3) is 7.38. The molecular formula is C16H34N2. The second-order valence-electron chi connectivity index (χ2n) is 6.26. The van der Waals surface area contributed by atoms with E-state index in [0.717, 1.165) is 5.92 Å². The van der Waals surface area contributed by atoms with E-state index in [1.54, 1.807) is 0 Å². The van der Waals surface area contributed by atoms with E-state index in [2.05, 4.69) is 31.0 Å². The number of hydrogen-bond donors (Lipinski definition) is 1. The van der Waals surface area contributed by atoms with Crippen molar-refractivity contribution in [2.45, 2.75) is 71.8 Å². The maximum absolute atomic E-state index is 3.58. The molecule has 0 radical (unpaired) electrons. The van der Waals surface area contributed by atoms with E-state index in [1.807, 2.05) is 0 Å². The van der Waals surface area contributed by atoms with E-state index in [-0.39, 0.29) is 0 Å². The van der Waals surface area contributed by atoms with E-state index < -0.39 is 0 Å². The Kier molecular flexibility index (Phi) is 8.70. The Balaban J connectivity index is 1.98. The minimum absolute atomic E-state index is 0.640. The molecule has 2 heteroatoms.